The largest absolute Gasteiger partial charge is 0.383 e. The first-order valence-corrected chi connectivity index (χ1v) is 7.11. The van der Waals surface area contributed by atoms with Gasteiger partial charge in [-0.3, -0.25) is 0 Å². The molecule has 18 heavy (non-hydrogen) atoms. The molecule has 4 heteroatoms. The molecule has 2 rings (SSSR count). The Balaban J connectivity index is 2.38. The van der Waals surface area contributed by atoms with Crippen LogP contribution in [0, 0.1) is 19.3 Å². The van der Waals surface area contributed by atoms with Crippen molar-refractivity contribution in [3.8, 4) is 0 Å². The summed E-state index contributed by atoms with van der Waals surface area (Å²) in [5, 5.41) is 1.04. The SMILES string of the molecule is Cc1sc2nc(CCC(C)(C)C)nc(N)c2c1C. The van der Waals surface area contributed by atoms with Crippen molar-refractivity contribution in [2.45, 2.75) is 47.5 Å². The zero-order valence-corrected chi connectivity index (χ0v) is 12.6. The molecule has 0 aliphatic carbocycles. The minimum absolute atomic E-state index is 0.300. The average Bonchev–Trinajstić information content (AvgIpc) is 2.51. The minimum atomic E-state index is 0.300. The lowest BCUT2D eigenvalue weighted by Gasteiger charge is -2.17. The van der Waals surface area contributed by atoms with Crippen molar-refractivity contribution in [1.82, 2.24) is 9.97 Å². The summed E-state index contributed by atoms with van der Waals surface area (Å²) < 4.78 is 0. The molecule has 0 aliphatic heterocycles. The van der Waals surface area contributed by atoms with Gasteiger partial charge in [-0.25, -0.2) is 9.97 Å². The van der Waals surface area contributed by atoms with Crippen molar-refractivity contribution in [2.75, 3.05) is 5.73 Å². The summed E-state index contributed by atoms with van der Waals surface area (Å²) in [5.41, 5.74) is 7.58. The van der Waals surface area contributed by atoms with E-state index in [1.165, 1.54) is 10.4 Å². The van der Waals surface area contributed by atoms with Crippen molar-refractivity contribution >= 4 is 27.4 Å². The Morgan fingerprint density at radius 1 is 1.17 bits per heavy atom. The molecule has 0 saturated carbocycles. The molecule has 0 fully saturated rings. The minimum Gasteiger partial charge on any atom is -0.383 e. The van der Waals surface area contributed by atoms with Crippen molar-refractivity contribution in [3.05, 3.63) is 16.3 Å². The fourth-order valence-electron chi connectivity index (χ4n) is 1.93. The Kier molecular flexibility index (Phi) is 3.32. The normalized spacial score (nSPS) is 12.3. The zero-order valence-electron chi connectivity index (χ0n) is 11.8. The number of aromatic nitrogens is 2. The van der Waals surface area contributed by atoms with Crippen molar-refractivity contribution in [3.63, 3.8) is 0 Å². The van der Waals surface area contributed by atoms with Crippen LogP contribution in [0.1, 0.15) is 43.5 Å². The van der Waals surface area contributed by atoms with Crippen LogP contribution in [-0.4, -0.2) is 9.97 Å². The van der Waals surface area contributed by atoms with Crippen molar-refractivity contribution in [2.24, 2.45) is 5.41 Å². The predicted molar refractivity (Wildman–Crippen MR) is 79.1 cm³/mol. The molecule has 0 aromatic carbocycles. The van der Waals surface area contributed by atoms with Crippen LogP contribution in [0.3, 0.4) is 0 Å². The molecular weight excluding hydrogens is 242 g/mol. The maximum absolute atomic E-state index is 6.07. The predicted octanol–water partition coefficient (Wildman–Crippen LogP) is 3.87. The second-order valence-corrected chi connectivity index (χ2v) is 7.25. The number of nitrogens with zero attached hydrogens (tertiary/aromatic N) is 2. The van der Waals surface area contributed by atoms with Gasteiger partial charge in [0.25, 0.3) is 0 Å². The van der Waals surface area contributed by atoms with E-state index in [1.807, 2.05) is 0 Å². The third-order valence-corrected chi connectivity index (χ3v) is 4.30. The molecule has 0 radical (unpaired) electrons. The maximum Gasteiger partial charge on any atom is 0.136 e. The first-order chi connectivity index (χ1) is 8.28. The molecule has 2 N–H and O–H groups in total. The number of fused-ring (bicyclic) bond motifs is 1. The number of anilines is 1. The van der Waals surface area contributed by atoms with Gasteiger partial charge in [0, 0.05) is 11.3 Å². The molecule has 3 nitrogen and oxygen atoms in total. The number of nitrogen functional groups attached to an aromatic ring is 1. The topological polar surface area (TPSA) is 51.8 Å². The molecule has 0 spiro atoms. The van der Waals surface area contributed by atoms with E-state index in [1.54, 1.807) is 11.3 Å². The Bertz CT molecular complexity index is 579. The number of aryl methyl sites for hydroxylation is 3. The highest BCUT2D eigenvalue weighted by atomic mass is 32.1. The van der Waals surface area contributed by atoms with E-state index in [0.29, 0.717) is 11.2 Å². The second kappa shape index (κ2) is 4.50. The summed E-state index contributed by atoms with van der Waals surface area (Å²) in [7, 11) is 0. The molecule has 0 atom stereocenters. The third kappa shape index (κ3) is 2.64. The molecule has 0 amide bonds. The van der Waals surface area contributed by atoms with Gasteiger partial charge in [0.15, 0.2) is 0 Å². The Morgan fingerprint density at radius 3 is 2.44 bits per heavy atom. The van der Waals surface area contributed by atoms with Crippen LogP contribution in [0.25, 0.3) is 10.2 Å². The van der Waals surface area contributed by atoms with Crippen LogP contribution < -0.4 is 5.73 Å². The summed E-state index contributed by atoms with van der Waals surface area (Å²) in [6.07, 6.45) is 1.96. The molecule has 0 unspecified atom stereocenters. The van der Waals surface area contributed by atoms with Crippen LogP contribution in [-0.2, 0) is 6.42 Å². The van der Waals surface area contributed by atoms with E-state index >= 15 is 0 Å². The fraction of sp³-hybridized carbons (Fsp3) is 0.571. The van der Waals surface area contributed by atoms with Crippen molar-refractivity contribution in [1.29, 1.82) is 0 Å². The standard InChI is InChI=1S/C14H21N3S/c1-8-9(2)18-13-11(8)12(15)16-10(17-13)6-7-14(3,4)5/h6-7H2,1-5H3,(H2,15,16,17). The van der Waals surface area contributed by atoms with Crippen LogP contribution >= 0.6 is 11.3 Å². The Hall–Kier alpha value is -1.16. The summed E-state index contributed by atoms with van der Waals surface area (Å²) in [4.78, 5) is 11.4. The Morgan fingerprint density at radius 2 is 1.83 bits per heavy atom. The van der Waals surface area contributed by atoms with Gasteiger partial charge in [0.1, 0.15) is 16.5 Å². The molecule has 2 heterocycles. The molecule has 0 bridgehead atoms. The first-order valence-electron chi connectivity index (χ1n) is 6.30. The van der Waals surface area contributed by atoms with E-state index in [2.05, 4.69) is 44.6 Å². The highest BCUT2D eigenvalue weighted by Crippen LogP contribution is 2.32. The van der Waals surface area contributed by atoms with Gasteiger partial charge >= 0.3 is 0 Å². The number of rotatable bonds is 2. The van der Waals surface area contributed by atoms with Crippen LogP contribution in [0.4, 0.5) is 5.82 Å². The van der Waals surface area contributed by atoms with Gasteiger partial charge in [-0.05, 0) is 31.2 Å². The van der Waals surface area contributed by atoms with Gasteiger partial charge in [-0.1, -0.05) is 20.8 Å². The molecular formula is C14H21N3S. The van der Waals surface area contributed by atoms with Gasteiger partial charge < -0.3 is 5.73 Å². The monoisotopic (exact) mass is 263 g/mol. The molecule has 0 aliphatic rings. The number of thiophene rings is 1. The average molecular weight is 263 g/mol. The van der Waals surface area contributed by atoms with E-state index in [-0.39, 0.29) is 0 Å². The highest BCUT2D eigenvalue weighted by Gasteiger charge is 2.15. The lowest BCUT2D eigenvalue weighted by molar-refractivity contribution is 0.374. The van der Waals surface area contributed by atoms with E-state index in [4.69, 9.17) is 5.73 Å². The van der Waals surface area contributed by atoms with Gasteiger partial charge in [-0.2, -0.15) is 0 Å². The lowest BCUT2D eigenvalue weighted by atomic mass is 9.90. The third-order valence-electron chi connectivity index (χ3n) is 3.20. The van der Waals surface area contributed by atoms with Crippen LogP contribution in [0.2, 0.25) is 0 Å². The smallest absolute Gasteiger partial charge is 0.136 e. The lowest BCUT2D eigenvalue weighted by Crippen LogP contribution is -2.09. The summed E-state index contributed by atoms with van der Waals surface area (Å²) in [6.45, 7) is 10.9. The quantitative estimate of drug-likeness (QED) is 0.895. The molecule has 0 saturated heterocycles. The summed E-state index contributed by atoms with van der Waals surface area (Å²) >= 11 is 1.71. The number of hydrogen-bond acceptors (Lipinski definition) is 4. The maximum atomic E-state index is 6.07. The summed E-state index contributed by atoms with van der Waals surface area (Å²) in [5.74, 6) is 1.50. The van der Waals surface area contributed by atoms with E-state index in [9.17, 15) is 0 Å². The van der Waals surface area contributed by atoms with E-state index < -0.39 is 0 Å². The summed E-state index contributed by atoms with van der Waals surface area (Å²) in [6, 6.07) is 0. The van der Waals surface area contributed by atoms with Crippen LogP contribution in [0.15, 0.2) is 0 Å². The first kappa shape index (κ1) is 13.3. The van der Waals surface area contributed by atoms with E-state index in [0.717, 1.165) is 28.9 Å². The van der Waals surface area contributed by atoms with Gasteiger partial charge in [0.05, 0.1) is 5.39 Å². The van der Waals surface area contributed by atoms with Gasteiger partial charge in [0.2, 0.25) is 0 Å². The fourth-order valence-corrected chi connectivity index (χ4v) is 2.98. The second-order valence-electron chi connectivity index (χ2n) is 6.05. The van der Waals surface area contributed by atoms with Crippen LogP contribution in [0.5, 0.6) is 0 Å². The number of hydrogen-bond donors (Lipinski definition) is 1. The zero-order chi connectivity index (χ0) is 13.5. The highest BCUT2D eigenvalue weighted by molar-refractivity contribution is 7.18. The molecule has 2 aromatic heterocycles. The Labute approximate surface area is 112 Å². The van der Waals surface area contributed by atoms with Crippen molar-refractivity contribution < 1.29 is 0 Å². The van der Waals surface area contributed by atoms with Gasteiger partial charge in [-0.15, -0.1) is 11.3 Å². The molecule has 2 aromatic rings. The molecule has 98 valence electrons. The number of nitrogens with two attached hydrogens (primary N) is 1.